The quantitative estimate of drug-likeness (QED) is 0.0763. The number of esters is 3. The van der Waals surface area contributed by atoms with Crippen molar-refractivity contribution in [2.24, 2.45) is 0 Å². The SMILES string of the molecule is O=C(/C=C/c1ccccc1)O[C@H]1[C@H](OC(=O)c2cc(O)c(O)c(O)c2)O[C@H](COC(=O)c2cc(O)c(O)c(O)c2)[C@@H](O)[C@@H]1O. The molecule has 0 amide bonds. The number of ether oxygens (including phenoxy) is 4. The molecule has 0 radical (unpaired) electrons. The summed E-state index contributed by atoms with van der Waals surface area (Å²) in [7, 11) is 0. The van der Waals surface area contributed by atoms with E-state index in [1.165, 1.54) is 6.08 Å². The van der Waals surface area contributed by atoms with Gasteiger partial charge in [-0.3, -0.25) is 0 Å². The maximum Gasteiger partial charge on any atom is 0.340 e. The summed E-state index contributed by atoms with van der Waals surface area (Å²) < 4.78 is 21.0. The van der Waals surface area contributed by atoms with Crippen LogP contribution in [0.2, 0.25) is 0 Å². The van der Waals surface area contributed by atoms with Crippen LogP contribution < -0.4 is 0 Å². The first kappa shape index (κ1) is 31.4. The van der Waals surface area contributed by atoms with Crippen LogP contribution in [-0.4, -0.2) is 96.1 Å². The highest BCUT2D eigenvalue weighted by Crippen LogP contribution is 2.37. The largest absolute Gasteiger partial charge is 0.504 e. The van der Waals surface area contributed by atoms with E-state index in [1.54, 1.807) is 30.3 Å². The molecule has 0 aliphatic carbocycles. The summed E-state index contributed by atoms with van der Waals surface area (Å²) in [6.07, 6.45) is -6.90. The van der Waals surface area contributed by atoms with E-state index in [0.29, 0.717) is 5.56 Å². The lowest BCUT2D eigenvalue weighted by Gasteiger charge is -2.41. The molecule has 0 aromatic heterocycles. The van der Waals surface area contributed by atoms with Crippen LogP contribution in [-0.2, 0) is 23.7 Å². The number of aliphatic hydroxyl groups is 2. The zero-order valence-electron chi connectivity index (χ0n) is 22.4. The number of hydrogen-bond acceptors (Lipinski definition) is 15. The lowest BCUT2D eigenvalue weighted by atomic mass is 9.99. The molecule has 1 fully saturated rings. The molecule has 3 aromatic rings. The number of phenols is 6. The standard InChI is InChI=1S/C29H26O15/c30-16-8-14(9-17(31)22(16)35)27(39)41-12-20-24(37)25(38)26(43-21(34)7-6-13-4-2-1-3-5-13)29(42-20)44-28(40)15-10-18(32)23(36)19(33)11-15/h1-11,20,24-26,29-33,35-38H,12H2/b7-6+/t20-,24-,25+,26-,29+/m1/s1. The Kier molecular flexibility index (Phi) is 9.43. The van der Waals surface area contributed by atoms with Crippen molar-refractivity contribution in [2.45, 2.75) is 30.7 Å². The average molecular weight is 615 g/mol. The van der Waals surface area contributed by atoms with Crippen molar-refractivity contribution >= 4 is 24.0 Å². The summed E-state index contributed by atoms with van der Waals surface area (Å²) in [5, 5.41) is 79.3. The van der Waals surface area contributed by atoms with Gasteiger partial charge in [-0.25, -0.2) is 14.4 Å². The molecule has 0 unspecified atom stereocenters. The second kappa shape index (κ2) is 13.2. The molecular weight excluding hydrogens is 588 g/mol. The van der Waals surface area contributed by atoms with Gasteiger partial charge in [0.05, 0.1) is 11.1 Å². The number of carbonyl (C=O) groups is 3. The second-order valence-electron chi connectivity index (χ2n) is 9.40. The van der Waals surface area contributed by atoms with Crippen molar-refractivity contribution in [1.82, 2.24) is 0 Å². The third-order valence-electron chi connectivity index (χ3n) is 6.32. The molecule has 5 atom stereocenters. The van der Waals surface area contributed by atoms with E-state index in [4.69, 9.17) is 18.9 Å². The van der Waals surface area contributed by atoms with E-state index in [-0.39, 0.29) is 0 Å². The van der Waals surface area contributed by atoms with Gasteiger partial charge in [-0.1, -0.05) is 30.3 Å². The number of carbonyl (C=O) groups excluding carboxylic acids is 3. The van der Waals surface area contributed by atoms with Crippen molar-refractivity contribution in [1.29, 1.82) is 0 Å². The third kappa shape index (κ3) is 7.09. The Balaban J connectivity index is 1.54. The zero-order chi connectivity index (χ0) is 32.1. The van der Waals surface area contributed by atoms with Gasteiger partial charge in [-0.2, -0.15) is 0 Å². The van der Waals surface area contributed by atoms with Crippen LogP contribution in [0.4, 0.5) is 0 Å². The summed E-state index contributed by atoms with van der Waals surface area (Å²) in [4.78, 5) is 37.9. The maximum atomic E-state index is 12.9. The first-order valence-corrected chi connectivity index (χ1v) is 12.7. The minimum absolute atomic E-state index is 0.407. The molecule has 0 saturated carbocycles. The molecule has 1 aliphatic rings. The van der Waals surface area contributed by atoms with Crippen LogP contribution in [0.25, 0.3) is 6.08 Å². The molecule has 4 rings (SSSR count). The van der Waals surface area contributed by atoms with Crippen molar-refractivity contribution in [3.63, 3.8) is 0 Å². The maximum absolute atomic E-state index is 12.9. The molecule has 232 valence electrons. The first-order chi connectivity index (χ1) is 20.8. The molecular formula is C29H26O15. The van der Waals surface area contributed by atoms with Gasteiger partial charge in [0.1, 0.15) is 24.9 Å². The van der Waals surface area contributed by atoms with Crippen LogP contribution in [0.3, 0.4) is 0 Å². The lowest BCUT2D eigenvalue weighted by molar-refractivity contribution is -0.288. The fraction of sp³-hybridized carbons (Fsp3) is 0.207. The number of phenolic OH excluding ortho intramolecular Hbond substituents is 6. The predicted molar refractivity (Wildman–Crippen MR) is 145 cm³/mol. The summed E-state index contributed by atoms with van der Waals surface area (Å²) >= 11 is 0. The van der Waals surface area contributed by atoms with Crippen molar-refractivity contribution < 1.29 is 74.2 Å². The Morgan fingerprint density at radius 1 is 0.727 bits per heavy atom. The van der Waals surface area contributed by atoms with Crippen LogP contribution in [0.1, 0.15) is 26.3 Å². The van der Waals surface area contributed by atoms with Gasteiger partial charge in [0, 0.05) is 6.08 Å². The van der Waals surface area contributed by atoms with E-state index in [9.17, 15) is 55.2 Å². The van der Waals surface area contributed by atoms with Crippen LogP contribution in [0.15, 0.2) is 60.7 Å². The smallest absolute Gasteiger partial charge is 0.340 e. The Morgan fingerprint density at radius 2 is 1.25 bits per heavy atom. The topological polar surface area (TPSA) is 250 Å². The van der Waals surface area contributed by atoms with Gasteiger partial charge in [-0.15, -0.1) is 0 Å². The Hall–Kier alpha value is -5.51. The molecule has 15 nitrogen and oxygen atoms in total. The van der Waals surface area contributed by atoms with Crippen molar-refractivity contribution in [3.8, 4) is 34.5 Å². The molecule has 15 heteroatoms. The highest BCUT2D eigenvalue weighted by Gasteiger charge is 2.49. The van der Waals surface area contributed by atoms with Gasteiger partial charge in [-0.05, 0) is 35.9 Å². The van der Waals surface area contributed by atoms with Crippen LogP contribution in [0, 0.1) is 0 Å². The highest BCUT2D eigenvalue weighted by atomic mass is 16.7. The van der Waals surface area contributed by atoms with Gasteiger partial charge >= 0.3 is 17.9 Å². The average Bonchev–Trinajstić information content (AvgIpc) is 3.00. The van der Waals surface area contributed by atoms with E-state index in [0.717, 1.165) is 30.3 Å². The molecule has 1 heterocycles. The highest BCUT2D eigenvalue weighted by molar-refractivity contribution is 5.92. The third-order valence-corrected chi connectivity index (χ3v) is 6.32. The minimum atomic E-state index is -1.98. The minimum Gasteiger partial charge on any atom is -0.504 e. The van der Waals surface area contributed by atoms with E-state index in [1.807, 2.05) is 0 Å². The first-order valence-electron chi connectivity index (χ1n) is 12.7. The van der Waals surface area contributed by atoms with Gasteiger partial charge in [0.2, 0.25) is 6.29 Å². The number of hydrogen-bond donors (Lipinski definition) is 8. The number of aliphatic hydroxyl groups excluding tert-OH is 2. The Bertz CT molecular complexity index is 1520. The van der Waals surface area contributed by atoms with Gasteiger partial charge < -0.3 is 59.8 Å². The molecule has 0 spiro atoms. The zero-order valence-corrected chi connectivity index (χ0v) is 22.4. The Morgan fingerprint density at radius 3 is 1.80 bits per heavy atom. The Labute approximate surface area is 247 Å². The molecule has 8 N–H and O–H groups in total. The summed E-state index contributed by atoms with van der Waals surface area (Å²) in [5.41, 5.74) is -0.279. The van der Waals surface area contributed by atoms with Gasteiger partial charge in [0.25, 0.3) is 0 Å². The molecule has 1 aliphatic heterocycles. The molecule has 1 saturated heterocycles. The monoisotopic (exact) mass is 614 g/mol. The number of benzene rings is 3. The summed E-state index contributed by atoms with van der Waals surface area (Å²) in [6, 6.07) is 11.6. The summed E-state index contributed by atoms with van der Waals surface area (Å²) in [5.74, 6) is -8.69. The van der Waals surface area contributed by atoms with Crippen LogP contribution in [0.5, 0.6) is 34.5 Å². The number of rotatable bonds is 8. The second-order valence-corrected chi connectivity index (χ2v) is 9.40. The predicted octanol–water partition coefficient (Wildman–Crippen LogP) is 1.01. The van der Waals surface area contributed by atoms with E-state index >= 15 is 0 Å². The fourth-order valence-electron chi connectivity index (χ4n) is 4.02. The molecule has 44 heavy (non-hydrogen) atoms. The molecule has 3 aromatic carbocycles. The molecule has 0 bridgehead atoms. The number of aromatic hydroxyl groups is 6. The van der Waals surface area contributed by atoms with E-state index < -0.39 is 101 Å². The van der Waals surface area contributed by atoms with Crippen molar-refractivity contribution in [2.75, 3.05) is 6.61 Å². The normalized spacial score (nSPS) is 21.5. The summed E-state index contributed by atoms with van der Waals surface area (Å²) in [6.45, 7) is -0.803. The van der Waals surface area contributed by atoms with Crippen LogP contribution >= 0.6 is 0 Å². The van der Waals surface area contributed by atoms with Crippen molar-refractivity contribution in [3.05, 3.63) is 77.4 Å². The van der Waals surface area contributed by atoms with Gasteiger partial charge in [0.15, 0.2) is 40.6 Å². The lowest BCUT2D eigenvalue weighted by Crippen LogP contribution is -2.61. The van der Waals surface area contributed by atoms with E-state index in [2.05, 4.69) is 0 Å². The fourth-order valence-corrected chi connectivity index (χ4v) is 4.02.